The number of anilines is 1. The number of amides is 1. The lowest BCUT2D eigenvalue weighted by atomic mass is 9.88. The normalized spacial score (nSPS) is 16.2. The van der Waals surface area contributed by atoms with Gasteiger partial charge in [-0.3, -0.25) is 9.69 Å². The SMILES string of the molecule is CCc1cc2c(cc1CC)N(C(C)COC=O)CCC2N(Cc1cc(C(F)(F)F)cc(C(F)(F)F)c1)C(=O)OC. The summed E-state index contributed by atoms with van der Waals surface area (Å²) in [5, 5.41) is 0. The molecule has 0 N–H and O–H groups in total. The van der Waals surface area contributed by atoms with Crippen LogP contribution in [-0.2, 0) is 46.0 Å². The molecular weight excluding hydrogens is 542 g/mol. The first-order valence-corrected chi connectivity index (χ1v) is 12.9. The highest BCUT2D eigenvalue weighted by Gasteiger charge is 2.39. The number of hydrogen-bond acceptors (Lipinski definition) is 5. The minimum Gasteiger partial charge on any atom is -0.466 e. The molecule has 3 rings (SSSR count). The molecule has 0 saturated heterocycles. The van der Waals surface area contributed by atoms with Crippen LogP contribution in [0.4, 0.5) is 36.8 Å². The molecule has 0 fully saturated rings. The number of rotatable bonds is 9. The topological polar surface area (TPSA) is 59.1 Å². The summed E-state index contributed by atoms with van der Waals surface area (Å²) in [6.07, 6.45) is -9.21. The van der Waals surface area contributed by atoms with Gasteiger partial charge in [0.05, 0.1) is 30.3 Å². The van der Waals surface area contributed by atoms with Crippen LogP contribution in [0.15, 0.2) is 30.3 Å². The van der Waals surface area contributed by atoms with E-state index in [0.717, 1.165) is 30.3 Å². The van der Waals surface area contributed by atoms with Crippen molar-refractivity contribution in [2.75, 3.05) is 25.2 Å². The average molecular weight is 575 g/mol. The highest BCUT2D eigenvalue weighted by molar-refractivity contribution is 5.70. The molecule has 1 amide bonds. The molecule has 6 nitrogen and oxygen atoms in total. The van der Waals surface area contributed by atoms with Crippen LogP contribution in [0.5, 0.6) is 0 Å². The summed E-state index contributed by atoms with van der Waals surface area (Å²) in [6, 6.07) is 4.29. The molecule has 1 heterocycles. The molecule has 2 aromatic carbocycles. The summed E-state index contributed by atoms with van der Waals surface area (Å²) in [4.78, 5) is 27.0. The highest BCUT2D eigenvalue weighted by Crippen LogP contribution is 2.42. The lowest BCUT2D eigenvalue weighted by Gasteiger charge is -2.43. The predicted octanol–water partition coefficient (Wildman–Crippen LogP) is 6.93. The Morgan fingerprint density at radius 1 is 1.02 bits per heavy atom. The van der Waals surface area contributed by atoms with Gasteiger partial charge in [0.25, 0.3) is 6.47 Å². The van der Waals surface area contributed by atoms with E-state index in [0.29, 0.717) is 43.6 Å². The number of ether oxygens (including phenoxy) is 2. The van der Waals surface area contributed by atoms with Crippen molar-refractivity contribution in [3.8, 4) is 0 Å². The van der Waals surface area contributed by atoms with Gasteiger partial charge in [-0.05, 0) is 72.7 Å². The Morgan fingerprint density at radius 3 is 2.10 bits per heavy atom. The number of benzene rings is 2. The fourth-order valence-corrected chi connectivity index (χ4v) is 5.18. The third-order valence-corrected chi connectivity index (χ3v) is 7.15. The molecule has 2 aromatic rings. The number of alkyl halides is 6. The third-order valence-electron chi connectivity index (χ3n) is 7.15. The summed E-state index contributed by atoms with van der Waals surface area (Å²) < 4.78 is 90.9. The number of hydrogen-bond donors (Lipinski definition) is 0. The Balaban J connectivity index is 2.14. The van der Waals surface area contributed by atoms with Gasteiger partial charge in [-0.2, -0.15) is 26.3 Å². The lowest BCUT2D eigenvalue weighted by Crippen LogP contribution is -2.45. The minimum atomic E-state index is -5.02. The highest BCUT2D eigenvalue weighted by atomic mass is 19.4. The van der Waals surface area contributed by atoms with E-state index in [1.54, 1.807) is 0 Å². The van der Waals surface area contributed by atoms with E-state index < -0.39 is 42.2 Å². The molecule has 2 atom stereocenters. The smallest absolute Gasteiger partial charge is 0.416 e. The molecule has 0 aliphatic carbocycles. The van der Waals surface area contributed by atoms with Gasteiger partial charge in [0, 0.05) is 18.8 Å². The molecule has 0 radical (unpaired) electrons. The molecular formula is C28H32F6N2O4. The van der Waals surface area contributed by atoms with Crippen molar-refractivity contribution in [1.82, 2.24) is 4.90 Å². The fourth-order valence-electron chi connectivity index (χ4n) is 5.18. The standard InChI is InChI=1S/C28H32F6N2O4/c1-5-19-11-23-24(7-8-35(17(3)15-40-16-37)25(23)12-20(19)6-2)36(26(38)39-4)14-18-9-21(27(29,30)31)13-22(10-18)28(32,33)34/h9-13,16-17,24H,5-8,14-15H2,1-4H3. The van der Waals surface area contributed by atoms with Crippen molar-refractivity contribution >= 4 is 18.3 Å². The van der Waals surface area contributed by atoms with E-state index in [-0.39, 0.29) is 24.3 Å². The zero-order valence-electron chi connectivity index (χ0n) is 22.7. The van der Waals surface area contributed by atoms with E-state index in [1.807, 2.05) is 37.8 Å². The molecule has 40 heavy (non-hydrogen) atoms. The number of aryl methyl sites for hydroxylation is 2. The first-order chi connectivity index (χ1) is 18.7. The molecule has 1 aliphatic heterocycles. The maximum absolute atomic E-state index is 13.5. The quantitative estimate of drug-likeness (QED) is 0.240. The van der Waals surface area contributed by atoms with Crippen LogP contribution in [0.25, 0.3) is 0 Å². The Labute approximate surface area is 228 Å². The van der Waals surface area contributed by atoms with Crippen molar-refractivity contribution in [3.05, 3.63) is 63.7 Å². The molecule has 2 unspecified atom stereocenters. The fraction of sp³-hybridized carbons (Fsp3) is 0.500. The molecule has 1 aliphatic rings. The monoisotopic (exact) mass is 574 g/mol. The summed E-state index contributed by atoms with van der Waals surface area (Å²) >= 11 is 0. The van der Waals surface area contributed by atoms with Crippen molar-refractivity contribution in [2.45, 2.75) is 71.0 Å². The average Bonchev–Trinajstić information content (AvgIpc) is 2.91. The van der Waals surface area contributed by atoms with E-state index in [1.165, 1.54) is 4.90 Å². The second-order valence-electron chi connectivity index (χ2n) is 9.68. The second kappa shape index (κ2) is 12.4. The number of nitrogens with zero attached hydrogens (tertiary/aromatic N) is 2. The Bertz CT molecular complexity index is 1180. The Kier molecular flexibility index (Phi) is 9.63. The first kappa shape index (κ1) is 31.1. The van der Waals surface area contributed by atoms with Crippen LogP contribution in [0.3, 0.4) is 0 Å². The number of halogens is 6. The third kappa shape index (κ3) is 6.82. The van der Waals surface area contributed by atoms with Crippen molar-refractivity contribution in [2.24, 2.45) is 0 Å². The van der Waals surface area contributed by atoms with Gasteiger partial charge in [0.15, 0.2) is 0 Å². The molecule has 0 aromatic heterocycles. The van der Waals surface area contributed by atoms with Gasteiger partial charge in [-0.1, -0.05) is 19.9 Å². The number of carbonyl (C=O) groups excluding carboxylic acids is 2. The number of methoxy groups -OCH3 is 1. The summed E-state index contributed by atoms with van der Waals surface area (Å²) in [6.45, 7) is 6.14. The number of fused-ring (bicyclic) bond motifs is 1. The first-order valence-electron chi connectivity index (χ1n) is 12.9. The second-order valence-corrected chi connectivity index (χ2v) is 9.68. The van der Waals surface area contributed by atoms with Gasteiger partial charge in [0.1, 0.15) is 6.61 Å². The van der Waals surface area contributed by atoms with Crippen LogP contribution in [0, 0.1) is 0 Å². The number of carbonyl (C=O) groups is 2. The van der Waals surface area contributed by atoms with Gasteiger partial charge in [0.2, 0.25) is 0 Å². The van der Waals surface area contributed by atoms with Crippen molar-refractivity contribution < 1.29 is 45.4 Å². The van der Waals surface area contributed by atoms with E-state index in [9.17, 15) is 35.9 Å². The molecule has 0 bridgehead atoms. The van der Waals surface area contributed by atoms with E-state index >= 15 is 0 Å². The van der Waals surface area contributed by atoms with Crippen LogP contribution in [0.2, 0.25) is 0 Å². The largest absolute Gasteiger partial charge is 0.466 e. The molecule has 0 spiro atoms. The Hall–Kier alpha value is -3.44. The zero-order chi connectivity index (χ0) is 29.8. The molecule has 12 heteroatoms. The summed E-state index contributed by atoms with van der Waals surface area (Å²) in [5.41, 5.74) is 0.267. The van der Waals surface area contributed by atoms with Gasteiger partial charge in [-0.15, -0.1) is 0 Å². The predicted molar refractivity (Wildman–Crippen MR) is 136 cm³/mol. The van der Waals surface area contributed by atoms with Gasteiger partial charge >= 0.3 is 18.4 Å². The van der Waals surface area contributed by atoms with Crippen LogP contribution >= 0.6 is 0 Å². The van der Waals surface area contributed by atoms with E-state index in [4.69, 9.17) is 9.47 Å². The minimum absolute atomic E-state index is 0.0579. The van der Waals surface area contributed by atoms with Crippen molar-refractivity contribution in [3.63, 3.8) is 0 Å². The van der Waals surface area contributed by atoms with Crippen LogP contribution < -0.4 is 4.90 Å². The maximum Gasteiger partial charge on any atom is 0.416 e. The van der Waals surface area contributed by atoms with Crippen LogP contribution in [0.1, 0.15) is 66.6 Å². The van der Waals surface area contributed by atoms with E-state index in [2.05, 4.69) is 0 Å². The Morgan fingerprint density at radius 2 is 1.60 bits per heavy atom. The lowest BCUT2D eigenvalue weighted by molar-refractivity contribution is -0.143. The maximum atomic E-state index is 13.5. The summed E-state index contributed by atoms with van der Waals surface area (Å²) in [5.74, 6) is 0. The van der Waals surface area contributed by atoms with Crippen molar-refractivity contribution in [1.29, 1.82) is 0 Å². The molecule has 0 saturated carbocycles. The molecule has 220 valence electrons. The van der Waals surface area contributed by atoms with Gasteiger partial charge < -0.3 is 14.4 Å². The van der Waals surface area contributed by atoms with Gasteiger partial charge in [-0.25, -0.2) is 4.79 Å². The van der Waals surface area contributed by atoms with Crippen LogP contribution in [-0.4, -0.2) is 43.8 Å². The zero-order valence-corrected chi connectivity index (χ0v) is 22.7. The summed E-state index contributed by atoms with van der Waals surface area (Å²) in [7, 11) is 1.11.